The zero-order valence-electron chi connectivity index (χ0n) is 14.7. The average Bonchev–Trinajstić information content (AvgIpc) is 2.66. The molecular formula is C20H21F3N2O2. The van der Waals surface area contributed by atoms with Gasteiger partial charge in [-0.25, -0.2) is 0 Å². The lowest BCUT2D eigenvalue weighted by Gasteiger charge is -2.39. The first-order chi connectivity index (χ1) is 12.9. The molecule has 1 saturated heterocycles. The van der Waals surface area contributed by atoms with E-state index in [0.29, 0.717) is 24.9 Å². The summed E-state index contributed by atoms with van der Waals surface area (Å²) in [6.07, 6.45) is -0.0711. The molecule has 3 rings (SSSR count). The lowest BCUT2D eigenvalue weighted by molar-refractivity contribution is -0.146. The summed E-state index contributed by atoms with van der Waals surface area (Å²) in [5.74, 6) is -0.896. The number of likely N-dealkylation sites (tertiary alicyclic amines) is 1. The second-order valence-electron chi connectivity index (χ2n) is 6.75. The van der Waals surface area contributed by atoms with Gasteiger partial charge in [0.05, 0.1) is 5.56 Å². The molecule has 7 heteroatoms. The van der Waals surface area contributed by atoms with Gasteiger partial charge in [-0.3, -0.25) is 14.7 Å². The van der Waals surface area contributed by atoms with E-state index >= 15 is 0 Å². The Bertz CT molecular complexity index is 763. The molecule has 0 spiro atoms. The minimum Gasteiger partial charge on any atom is -0.480 e. The fraction of sp³-hybridized carbons (Fsp3) is 0.400. The van der Waals surface area contributed by atoms with Gasteiger partial charge in [0.1, 0.15) is 6.04 Å². The van der Waals surface area contributed by atoms with Crippen molar-refractivity contribution in [2.75, 3.05) is 6.54 Å². The Hall–Kier alpha value is -2.41. The van der Waals surface area contributed by atoms with Gasteiger partial charge in [-0.2, -0.15) is 13.2 Å². The predicted molar refractivity (Wildman–Crippen MR) is 94.1 cm³/mol. The van der Waals surface area contributed by atoms with Gasteiger partial charge in [-0.1, -0.05) is 24.6 Å². The minimum atomic E-state index is -4.40. The predicted octanol–water partition coefficient (Wildman–Crippen LogP) is 4.32. The van der Waals surface area contributed by atoms with E-state index in [0.717, 1.165) is 30.7 Å². The second-order valence-corrected chi connectivity index (χ2v) is 6.75. The highest BCUT2D eigenvalue weighted by Crippen LogP contribution is 2.34. The van der Waals surface area contributed by atoms with Crippen molar-refractivity contribution in [2.24, 2.45) is 0 Å². The molecule has 2 atom stereocenters. The van der Waals surface area contributed by atoms with E-state index in [1.807, 2.05) is 17.0 Å². The highest BCUT2D eigenvalue weighted by atomic mass is 19.4. The van der Waals surface area contributed by atoms with E-state index in [1.54, 1.807) is 12.3 Å². The van der Waals surface area contributed by atoms with Gasteiger partial charge >= 0.3 is 12.1 Å². The van der Waals surface area contributed by atoms with Gasteiger partial charge in [0.25, 0.3) is 0 Å². The summed E-state index contributed by atoms with van der Waals surface area (Å²) in [6, 6.07) is 9.50. The summed E-state index contributed by atoms with van der Waals surface area (Å²) in [5, 5.41) is 9.62. The molecule has 144 valence electrons. The Labute approximate surface area is 155 Å². The maximum atomic E-state index is 12.9. The first-order valence-corrected chi connectivity index (χ1v) is 8.92. The number of carboxylic acid groups (broad SMARTS) is 1. The average molecular weight is 378 g/mol. The van der Waals surface area contributed by atoms with E-state index in [2.05, 4.69) is 4.98 Å². The third-order valence-corrected chi connectivity index (χ3v) is 4.98. The van der Waals surface area contributed by atoms with Crippen LogP contribution in [0.5, 0.6) is 0 Å². The smallest absolute Gasteiger partial charge is 0.416 e. The van der Waals surface area contributed by atoms with Crippen LogP contribution in [0.1, 0.15) is 42.1 Å². The Morgan fingerprint density at radius 1 is 1.19 bits per heavy atom. The maximum Gasteiger partial charge on any atom is 0.416 e. The number of benzene rings is 1. The molecular weight excluding hydrogens is 357 g/mol. The molecule has 2 aromatic rings. The molecule has 2 unspecified atom stereocenters. The van der Waals surface area contributed by atoms with Gasteiger partial charge in [0.2, 0.25) is 0 Å². The first kappa shape index (κ1) is 19.4. The van der Waals surface area contributed by atoms with E-state index in [9.17, 15) is 23.1 Å². The van der Waals surface area contributed by atoms with Crippen molar-refractivity contribution in [3.8, 4) is 0 Å². The SMILES string of the molecule is O=C(O)C1CCCCN1C(Cc1ccccn1)c1ccc(C(F)(F)F)cc1. The number of carboxylic acids is 1. The summed E-state index contributed by atoms with van der Waals surface area (Å²) < 4.78 is 38.7. The van der Waals surface area contributed by atoms with Crippen molar-refractivity contribution < 1.29 is 23.1 Å². The van der Waals surface area contributed by atoms with Gasteiger partial charge < -0.3 is 5.11 Å². The standard InChI is InChI=1S/C20H21F3N2O2/c21-20(22,23)15-9-7-14(8-10-15)18(13-16-5-1-3-11-24-16)25-12-4-2-6-17(25)19(26)27/h1,3,5,7-11,17-18H,2,4,6,12-13H2,(H,26,27). The summed E-state index contributed by atoms with van der Waals surface area (Å²) in [4.78, 5) is 17.9. The number of aliphatic carboxylic acids is 1. The lowest BCUT2D eigenvalue weighted by Crippen LogP contribution is -2.47. The van der Waals surface area contributed by atoms with E-state index in [-0.39, 0.29) is 6.04 Å². The van der Waals surface area contributed by atoms with Crippen LogP contribution < -0.4 is 0 Å². The Balaban J connectivity index is 1.95. The van der Waals surface area contributed by atoms with Crippen LogP contribution in [0.3, 0.4) is 0 Å². The van der Waals surface area contributed by atoms with E-state index in [4.69, 9.17) is 0 Å². The summed E-state index contributed by atoms with van der Waals surface area (Å²) in [7, 11) is 0. The Kier molecular flexibility index (Phi) is 5.79. The number of nitrogens with zero attached hydrogens (tertiary/aromatic N) is 2. The molecule has 27 heavy (non-hydrogen) atoms. The molecule has 0 bridgehead atoms. The summed E-state index contributed by atoms with van der Waals surface area (Å²) in [5.41, 5.74) is 0.732. The van der Waals surface area contributed by atoms with Crippen molar-refractivity contribution in [1.29, 1.82) is 0 Å². The molecule has 2 heterocycles. The summed E-state index contributed by atoms with van der Waals surface area (Å²) >= 11 is 0. The van der Waals surface area contributed by atoms with Gasteiger partial charge in [-0.05, 0) is 49.2 Å². The number of alkyl halides is 3. The van der Waals surface area contributed by atoms with Crippen LogP contribution in [0.4, 0.5) is 13.2 Å². The van der Waals surface area contributed by atoms with E-state index in [1.165, 1.54) is 12.1 Å². The van der Waals surface area contributed by atoms with Crippen LogP contribution in [-0.2, 0) is 17.4 Å². The van der Waals surface area contributed by atoms with Crippen molar-refractivity contribution in [3.05, 3.63) is 65.5 Å². The molecule has 1 aliphatic rings. The quantitative estimate of drug-likeness (QED) is 0.842. The van der Waals surface area contributed by atoms with Gasteiger partial charge in [-0.15, -0.1) is 0 Å². The van der Waals surface area contributed by atoms with E-state index < -0.39 is 23.8 Å². The molecule has 0 saturated carbocycles. The molecule has 1 aliphatic heterocycles. The van der Waals surface area contributed by atoms with Gasteiger partial charge in [0, 0.05) is 24.4 Å². The van der Waals surface area contributed by atoms with Crippen LogP contribution in [0.25, 0.3) is 0 Å². The zero-order chi connectivity index (χ0) is 19.4. The molecule has 0 radical (unpaired) electrons. The highest BCUT2D eigenvalue weighted by Gasteiger charge is 2.35. The maximum absolute atomic E-state index is 12.9. The van der Waals surface area contributed by atoms with Crippen molar-refractivity contribution in [1.82, 2.24) is 9.88 Å². The largest absolute Gasteiger partial charge is 0.480 e. The minimum absolute atomic E-state index is 0.344. The molecule has 1 N–H and O–H groups in total. The number of aromatic nitrogens is 1. The lowest BCUT2D eigenvalue weighted by atomic mass is 9.93. The highest BCUT2D eigenvalue weighted by molar-refractivity contribution is 5.73. The zero-order valence-corrected chi connectivity index (χ0v) is 14.7. The van der Waals surface area contributed by atoms with Gasteiger partial charge in [0.15, 0.2) is 0 Å². The van der Waals surface area contributed by atoms with Crippen LogP contribution >= 0.6 is 0 Å². The van der Waals surface area contributed by atoms with Crippen molar-refractivity contribution in [2.45, 2.75) is 43.9 Å². The number of rotatable bonds is 5. The van der Waals surface area contributed by atoms with Crippen LogP contribution in [0.2, 0.25) is 0 Å². The fourth-order valence-corrected chi connectivity index (χ4v) is 3.63. The second kappa shape index (κ2) is 8.08. The third kappa shape index (κ3) is 4.66. The number of hydrogen-bond donors (Lipinski definition) is 1. The molecule has 0 aliphatic carbocycles. The van der Waals surface area contributed by atoms with Crippen LogP contribution in [-0.4, -0.2) is 33.5 Å². The van der Waals surface area contributed by atoms with Crippen LogP contribution in [0, 0.1) is 0 Å². The monoisotopic (exact) mass is 378 g/mol. The number of piperidine rings is 1. The molecule has 0 amide bonds. The first-order valence-electron chi connectivity index (χ1n) is 8.92. The molecule has 1 aromatic carbocycles. The number of halogens is 3. The Morgan fingerprint density at radius 2 is 1.93 bits per heavy atom. The number of hydrogen-bond acceptors (Lipinski definition) is 3. The summed E-state index contributed by atoms with van der Waals surface area (Å²) in [6.45, 7) is 0.593. The van der Waals surface area contributed by atoms with Crippen molar-refractivity contribution >= 4 is 5.97 Å². The number of pyridine rings is 1. The van der Waals surface area contributed by atoms with Crippen LogP contribution in [0.15, 0.2) is 48.7 Å². The third-order valence-electron chi connectivity index (χ3n) is 4.98. The topological polar surface area (TPSA) is 53.4 Å². The molecule has 4 nitrogen and oxygen atoms in total. The fourth-order valence-electron chi connectivity index (χ4n) is 3.63. The molecule has 1 fully saturated rings. The molecule has 1 aromatic heterocycles. The van der Waals surface area contributed by atoms with Crippen molar-refractivity contribution in [3.63, 3.8) is 0 Å². The Morgan fingerprint density at radius 3 is 2.52 bits per heavy atom. The number of carbonyl (C=O) groups is 1. The normalized spacial score (nSPS) is 19.6.